The van der Waals surface area contributed by atoms with E-state index in [1.165, 1.54) is 19.6 Å². The number of rotatable bonds is 26. The van der Waals surface area contributed by atoms with E-state index in [-0.39, 0.29) is 90.1 Å². The second-order valence-electron chi connectivity index (χ2n) is 24.1. The Morgan fingerprint density at radius 1 is 0.350 bits per heavy atom. The van der Waals surface area contributed by atoms with Crippen LogP contribution in [0.1, 0.15) is 131 Å². The molecule has 0 aliphatic heterocycles. The zero-order valence-corrected chi connectivity index (χ0v) is 49.7. The summed E-state index contributed by atoms with van der Waals surface area (Å²) in [5.74, 6) is -0.687. The molecule has 0 unspecified atom stereocenters. The van der Waals surface area contributed by atoms with Gasteiger partial charge in [0.1, 0.15) is 22.4 Å². The fraction of sp³-hybridized carbons (Fsp3) is 0.524. The number of hydrogen-bond acceptors (Lipinski definition) is 11. The van der Waals surface area contributed by atoms with Gasteiger partial charge in [-0.25, -0.2) is 19.2 Å². The number of carbonyl (C=O) groups is 6. The van der Waals surface area contributed by atoms with Gasteiger partial charge < -0.3 is 53.5 Å². The highest BCUT2D eigenvalue weighted by atomic mass is 16.6. The van der Waals surface area contributed by atoms with Gasteiger partial charge >= 0.3 is 24.4 Å². The van der Waals surface area contributed by atoms with Crippen LogP contribution < -0.4 is 0 Å². The molecule has 0 saturated heterocycles. The second kappa shape index (κ2) is 31.0. The molecule has 0 aliphatic rings. The van der Waals surface area contributed by atoms with Crippen LogP contribution in [-0.2, 0) is 54.7 Å². The summed E-state index contributed by atoms with van der Waals surface area (Å²) < 4.78 is 23.1. The predicted molar refractivity (Wildman–Crippen MR) is 310 cm³/mol. The molecule has 0 radical (unpaired) electrons. The van der Waals surface area contributed by atoms with Crippen molar-refractivity contribution in [2.45, 2.75) is 163 Å². The third-order valence-electron chi connectivity index (χ3n) is 11.9. The van der Waals surface area contributed by atoms with E-state index in [1.54, 1.807) is 92.9 Å². The minimum absolute atomic E-state index is 0.0148. The van der Waals surface area contributed by atoms with E-state index < -0.39 is 52.9 Å². The third-order valence-corrected chi connectivity index (χ3v) is 11.9. The molecule has 4 rings (SSSR count). The molecule has 4 aromatic rings. The number of ether oxygens (including phenoxy) is 4. The lowest BCUT2D eigenvalue weighted by atomic mass is 10.1. The Hall–Kier alpha value is -7.14. The van der Waals surface area contributed by atoms with E-state index in [4.69, 9.17) is 18.9 Å². The third kappa shape index (κ3) is 26.2. The molecule has 0 spiro atoms. The highest BCUT2D eigenvalue weighted by Gasteiger charge is 2.30. The first-order chi connectivity index (χ1) is 37.5. The van der Waals surface area contributed by atoms with Gasteiger partial charge in [0.15, 0.2) is 0 Å². The van der Waals surface area contributed by atoms with E-state index in [0.717, 1.165) is 22.3 Å². The lowest BCUT2D eigenvalue weighted by Crippen LogP contribution is -2.46. The molecule has 0 bridgehead atoms. The lowest BCUT2D eigenvalue weighted by molar-refractivity contribution is -0.135. The maximum absolute atomic E-state index is 14.5. The number of carbonyl (C=O) groups excluding carboxylic acids is 6. The molecule has 17 heteroatoms. The minimum Gasteiger partial charge on any atom is -0.444 e. The van der Waals surface area contributed by atoms with Crippen molar-refractivity contribution in [2.24, 2.45) is 0 Å². The second-order valence-corrected chi connectivity index (χ2v) is 24.1. The Kier molecular flexibility index (Phi) is 25.3. The van der Waals surface area contributed by atoms with Crippen molar-refractivity contribution in [2.75, 3.05) is 52.4 Å². The average molecular weight is 1110 g/mol. The molecule has 0 atom stereocenters. The van der Waals surface area contributed by atoms with Gasteiger partial charge in [0, 0.05) is 91.4 Å². The summed E-state index contributed by atoms with van der Waals surface area (Å²) in [4.78, 5) is 92.6. The van der Waals surface area contributed by atoms with E-state index in [9.17, 15) is 33.9 Å². The van der Waals surface area contributed by atoms with Crippen molar-refractivity contribution in [3.05, 3.63) is 144 Å². The topological polar surface area (TPSA) is 179 Å². The summed E-state index contributed by atoms with van der Waals surface area (Å²) in [6.07, 6.45) is -2.94. The van der Waals surface area contributed by atoms with Crippen LogP contribution in [0.2, 0.25) is 0 Å². The molecule has 6 amide bonds. The Morgan fingerprint density at radius 3 is 0.825 bits per heavy atom. The Labute approximate surface area is 476 Å². The van der Waals surface area contributed by atoms with Crippen molar-refractivity contribution in [3.63, 3.8) is 0 Å². The first-order valence-electron chi connectivity index (χ1n) is 27.8. The number of benzene rings is 4. The number of aliphatic hydroxyl groups excluding tert-OH is 1. The summed E-state index contributed by atoms with van der Waals surface area (Å²) in [7, 11) is 0. The Balaban J connectivity index is 1.53. The van der Waals surface area contributed by atoms with Crippen LogP contribution in [0.5, 0.6) is 0 Å². The van der Waals surface area contributed by atoms with Gasteiger partial charge in [0.2, 0.25) is 11.8 Å². The number of hydrogen-bond donors (Lipinski definition) is 1. The van der Waals surface area contributed by atoms with Crippen LogP contribution in [0.25, 0.3) is 0 Å². The molecule has 17 nitrogen and oxygen atoms in total. The van der Waals surface area contributed by atoms with E-state index in [2.05, 4.69) is 0 Å². The highest BCUT2D eigenvalue weighted by Crippen LogP contribution is 2.19. The van der Waals surface area contributed by atoms with Crippen molar-refractivity contribution in [1.82, 2.24) is 29.4 Å². The van der Waals surface area contributed by atoms with Gasteiger partial charge in [-0.2, -0.15) is 0 Å². The van der Waals surface area contributed by atoms with Crippen molar-refractivity contribution < 1.29 is 52.8 Å². The Bertz CT molecular complexity index is 2350. The molecule has 0 heterocycles. The van der Waals surface area contributed by atoms with Crippen molar-refractivity contribution in [1.29, 1.82) is 0 Å². The summed E-state index contributed by atoms with van der Waals surface area (Å²) in [6, 6.07) is 37.8. The number of aliphatic hydroxyl groups is 1. The lowest BCUT2D eigenvalue weighted by Gasteiger charge is -2.32. The molecule has 0 fully saturated rings. The summed E-state index contributed by atoms with van der Waals surface area (Å²) >= 11 is 0. The zero-order chi connectivity index (χ0) is 59.1. The van der Waals surface area contributed by atoms with Gasteiger partial charge in [-0.3, -0.25) is 9.59 Å². The quantitative estimate of drug-likeness (QED) is 0.0591. The van der Waals surface area contributed by atoms with E-state index >= 15 is 0 Å². The van der Waals surface area contributed by atoms with Crippen LogP contribution in [0.4, 0.5) is 19.2 Å². The SMILES string of the molecule is CC(C)(C)OC(=O)N(CCCN(Cc1ccccc1)C(=O)OC(C)(C)C)CCC(=O)N(Cc1ccccc1)CC(O)CN(Cc1ccccc1)C(=O)CCN(CCCN(Cc1ccccc1)C(=O)OC(C)(C)C)C(=O)OC(C)(C)C. The van der Waals surface area contributed by atoms with Gasteiger partial charge in [0.05, 0.1) is 6.10 Å². The molecule has 0 aromatic heterocycles. The highest BCUT2D eigenvalue weighted by molar-refractivity contribution is 5.78. The molecular weight excluding hydrogens is 1020 g/mol. The van der Waals surface area contributed by atoms with Crippen molar-refractivity contribution in [3.8, 4) is 0 Å². The zero-order valence-electron chi connectivity index (χ0n) is 49.7. The van der Waals surface area contributed by atoms with Crippen LogP contribution in [0.3, 0.4) is 0 Å². The molecular formula is C63H90N6O11. The largest absolute Gasteiger partial charge is 0.444 e. The van der Waals surface area contributed by atoms with Gasteiger partial charge in [-0.1, -0.05) is 121 Å². The van der Waals surface area contributed by atoms with Crippen LogP contribution in [-0.4, -0.2) is 152 Å². The first-order valence-corrected chi connectivity index (χ1v) is 27.8. The van der Waals surface area contributed by atoms with Gasteiger partial charge in [-0.15, -0.1) is 0 Å². The average Bonchev–Trinajstić information content (AvgIpc) is 3.37. The van der Waals surface area contributed by atoms with Crippen LogP contribution in [0.15, 0.2) is 121 Å². The maximum atomic E-state index is 14.5. The normalized spacial score (nSPS) is 11.8. The Morgan fingerprint density at radius 2 is 0.575 bits per heavy atom. The van der Waals surface area contributed by atoms with Crippen LogP contribution in [0, 0.1) is 0 Å². The minimum atomic E-state index is -1.22. The number of nitrogens with zero attached hydrogens (tertiary/aromatic N) is 6. The maximum Gasteiger partial charge on any atom is 0.410 e. The standard InChI is InChI=1S/C63H90N6O11/c1-60(2,3)77-56(73)64(37-25-39-66(58(75)79-62(7,8)9)43-49-27-17-13-18-28-49)41-35-54(71)68(45-51-31-21-15-22-32-51)47-53(70)48-69(46-52-33-23-16-24-34-52)55(72)36-42-65(57(74)78-61(4,5)6)38-26-40-67(59(76)80-63(10,11)12)44-50-29-19-14-20-30-50/h13-24,27-34,53,70H,25-26,35-48H2,1-12H3. The van der Waals surface area contributed by atoms with E-state index in [0.29, 0.717) is 25.9 Å². The smallest absolute Gasteiger partial charge is 0.410 e. The molecule has 1 N–H and O–H groups in total. The van der Waals surface area contributed by atoms with E-state index in [1.807, 2.05) is 121 Å². The molecule has 0 aliphatic carbocycles. The van der Waals surface area contributed by atoms with Gasteiger partial charge in [-0.05, 0) is 118 Å². The molecule has 80 heavy (non-hydrogen) atoms. The fourth-order valence-corrected chi connectivity index (χ4v) is 8.34. The van der Waals surface area contributed by atoms with Gasteiger partial charge in [0.25, 0.3) is 0 Å². The molecule has 0 saturated carbocycles. The summed E-state index contributed by atoms with van der Waals surface area (Å²) in [5, 5.41) is 12.0. The fourth-order valence-electron chi connectivity index (χ4n) is 8.34. The summed E-state index contributed by atoms with van der Waals surface area (Å²) in [6.45, 7) is 22.8. The first kappa shape index (κ1) is 65.4. The number of amides is 6. The monoisotopic (exact) mass is 1110 g/mol. The molecule has 438 valence electrons. The summed E-state index contributed by atoms with van der Waals surface area (Å²) in [5.41, 5.74) is 0.340. The van der Waals surface area contributed by atoms with Crippen molar-refractivity contribution >= 4 is 36.2 Å². The molecule has 4 aromatic carbocycles. The van der Waals surface area contributed by atoms with Crippen LogP contribution >= 0.6 is 0 Å². The predicted octanol–water partition coefficient (Wildman–Crippen LogP) is 11.3.